The first-order valence-corrected chi connectivity index (χ1v) is 6.17. The van der Waals surface area contributed by atoms with E-state index in [1.54, 1.807) is 0 Å². The number of nitrogens with one attached hydrogen (secondary N) is 1. The van der Waals surface area contributed by atoms with Gasteiger partial charge in [-0.3, -0.25) is 4.79 Å². The van der Waals surface area contributed by atoms with Gasteiger partial charge in [0.15, 0.2) is 0 Å². The first kappa shape index (κ1) is 13.7. The molecule has 0 aliphatic rings. The van der Waals surface area contributed by atoms with E-state index >= 15 is 0 Å². The minimum atomic E-state index is -0.397. The lowest BCUT2D eigenvalue weighted by molar-refractivity contribution is -0.123. The van der Waals surface area contributed by atoms with Crippen LogP contribution in [0.25, 0.3) is 0 Å². The Labute approximate surface area is 103 Å². The standard InChI is InChI=1S/C14H22N2O/c1-4-7-13(15)14(17)16-11(3)12-9-6-5-8-10(12)2/h5-6,8-9,11,13H,4,7,15H2,1-3H3,(H,16,17)/t11-,13+/m1/s1. The van der Waals surface area contributed by atoms with Crippen molar-refractivity contribution < 1.29 is 4.79 Å². The maximum absolute atomic E-state index is 11.8. The molecular weight excluding hydrogens is 212 g/mol. The zero-order chi connectivity index (χ0) is 12.8. The summed E-state index contributed by atoms with van der Waals surface area (Å²) in [4.78, 5) is 11.8. The monoisotopic (exact) mass is 234 g/mol. The van der Waals surface area contributed by atoms with Crippen LogP contribution in [0.5, 0.6) is 0 Å². The van der Waals surface area contributed by atoms with Crippen LogP contribution in [0.15, 0.2) is 24.3 Å². The Hall–Kier alpha value is -1.35. The summed E-state index contributed by atoms with van der Waals surface area (Å²) in [5.74, 6) is -0.0670. The van der Waals surface area contributed by atoms with Crippen LogP contribution in [0, 0.1) is 6.92 Å². The average Bonchev–Trinajstić information content (AvgIpc) is 2.29. The van der Waals surface area contributed by atoms with Crippen LogP contribution >= 0.6 is 0 Å². The van der Waals surface area contributed by atoms with Gasteiger partial charge in [-0.2, -0.15) is 0 Å². The number of benzene rings is 1. The summed E-state index contributed by atoms with van der Waals surface area (Å²) in [6.45, 7) is 6.06. The molecule has 94 valence electrons. The van der Waals surface area contributed by atoms with Crippen LogP contribution in [0.2, 0.25) is 0 Å². The van der Waals surface area contributed by atoms with Crippen molar-refractivity contribution in [3.05, 3.63) is 35.4 Å². The molecule has 1 rings (SSSR count). The molecule has 3 nitrogen and oxygen atoms in total. The highest BCUT2D eigenvalue weighted by atomic mass is 16.2. The van der Waals surface area contributed by atoms with E-state index in [1.165, 1.54) is 5.56 Å². The van der Waals surface area contributed by atoms with E-state index in [0.29, 0.717) is 0 Å². The summed E-state index contributed by atoms with van der Waals surface area (Å²) in [6, 6.07) is 7.67. The molecular formula is C14H22N2O. The van der Waals surface area contributed by atoms with Gasteiger partial charge in [-0.15, -0.1) is 0 Å². The molecule has 0 heterocycles. The van der Waals surface area contributed by atoms with Crippen LogP contribution in [-0.2, 0) is 4.79 Å². The molecule has 0 aliphatic heterocycles. The number of aryl methyl sites for hydroxylation is 1. The Morgan fingerprint density at radius 1 is 1.41 bits per heavy atom. The molecule has 1 aromatic rings. The number of carbonyl (C=O) groups is 1. The van der Waals surface area contributed by atoms with Crippen molar-refractivity contribution in [1.82, 2.24) is 5.32 Å². The molecule has 0 radical (unpaired) electrons. The molecule has 2 atom stereocenters. The lowest BCUT2D eigenvalue weighted by Crippen LogP contribution is -2.41. The summed E-state index contributed by atoms with van der Waals surface area (Å²) < 4.78 is 0. The van der Waals surface area contributed by atoms with Crippen molar-refractivity contribution in [2.24, 2.45) is 5.73 Å². The van der Waals surface area contributed by atoms with E-state index in [1.807, 2.05) is 45.0 Å². The molecule has 0 unspecified atom stereocenters. The van der Waals surface area contributed by atoms with Gasteiger partial charge in [0.1, 0.15) is 0 Å². The SMILES string of the molecule is CCC[C@H](N)C(=O)N[C@H](C)c1ccccc1C. The normalized spacial score (nSPS) is 14.1. The third-order valence-corrected chi connectivity index (χ3v) is 2.95. The number of amides is 1. The summed E-state index contributed by atoms with van der Waals surface area (Å²) in [5, 5.41) is 2.96. The Bertz CT molecular complexity index is 376. The molecule has 0 fully saturated rings. The predicted molar refractivity (Wildman–Crippen MR) is 70.6 cm³/mol. The van der Waals surface area contributed by atoms with E-state index in [2.05, 4.69) is 5.32 Å². The number of nitrogens with two attached hydrogens (primary N) is 1. The first-order chi connectivity index (χ1) is 8.06. The van der Waals surface area contributed by atoms with Gasteiger partial charge in [-0.05, 0) is 31.4 Å². The molecule has 3 heteroatoms. The molecule has 1 amide bonds. The van der Waals surface area contributed by atoms with E-state index in [0.717, 1.165) is 18.4 Å². The average molecular weight is 234 g/mol. The van der Waals surface area contributed by atoms with E-state index < -0.39 is 6.04 Å². The van der Waals surface area contributed by atoms with Gasteiger partial charge in [0, 0.05) is 0 Å². The first-order valence-electron chi connectivity index (χ1n) is 6.17. The van der Waals surface area contributed by atoms with Gasteiger partial charge in [-0.1, -0.05) is 37.6 Å². The van der Waals surface area contributed by atoms with E-state index in [9.17, 15) is 4.79 Å². The summed E-state index contributed by atoms with van der Waals surface area (Å²) >= 11 is 0. The second-order valence-electron chi connectivity index (χ2n) is 4.48. The van der Waals surface area contributed by atoms with Crippen molar-refractivity contribution in [2.75, 3.05) is 0 Å². The largest absolute Gasteiger partial charge is 0.348 e. The minimum Gasteiger partial charge on any atom is -0.348 e. The number of hydrogen-bond acceptors (Lipinski definition) is 2. The Morgan fingerprint density at radius 2 is 2.06 bits per heavy atom. The maximum atomic E-state index is 11.8. The van der Waals surface area contributed by atoms with Gasteiger partial charge >= 0.3 is 0 Å². The second-order valence-corrected chi connectivity index (χ2v) is 4.48. The molecule has 0 saturated carbocycles. The van der Waals surface area contributed by atoms with Crippen LogP contribution in [-0.4, -0.2) is 11.9 Å². The Balaban J connectivity index is 2.63. The van der Waals surface area contributed by atoms with E-state index in [-0.39, 0.29) is 11.9 Å². The zero-order valence-corrected chi connectivity index (χ0v) is 10.9. The fourth-order valence-electron chi connectivity index (χ4n) is 1.91. The van der Waals surface area contributed by atoms with Gasteiger partial charge in [0.25, 0.3) is 0 Å². The van der Waals surface area contributed by atoms with Crippen molar-refractivity contribution in [3.63, 3.8) is 0 Å². The van der Waals surface area contributed by atoms with Crippen molar-refractivity contribution in [1.29, 1.82) is 0 Å². The summed E-state index contributed by atoms with van der Waals surface area (Å²) in [5.41, 5.74) is 8.11. The highest BCUT2D eigenvalue weighted by Gasteiger charge is 2.16. The molecule has 0 saturated heterocycles. The summed E-state index contributed by atoms with van der Waals surface area (Å²) in [7, 11) is 0. The lowest BCUT2D eigenvalue weighted by Gasteiger charge is -2.19. The third-order valence-electron chi connectivity index (χ3n) is 2.95. The van der Waals surface area contributed by atoms with E-state index in [4.69, 9.17) is 5.73 Å². The highest BCUT2D eigenvalue weighted by molar-refractivity contribution is 5.81. The topological polar surface area (TPSA) is 55.1 Å². The van der Waals surface area contributed by atoms with Crippen LogP contribution < -0.4 is 11.1 Å². The molecule has 1 aromatic carbocycles. The van der Waals surface area contributed by atoms with Gasteiger partial charge in [0.05, 0.1) is 12.1 Å². The molecule has 0 aromatic heterocycles. The second kappa shape index (κ2) is 6.40. The molecule has 17 heavy (non-hydrogen) atoms. The lowest BCUT2D eigenvalue weighted by atomic mass is 10.0. The molecule has 0 spiro atoms. The van der Waals surface area contributed by atoms with Crippen molar-refractivity contribution >= 4 is 5.91 Å². The highest BCUT2D eigenvalue weighted by Crippen LogP contribution is 2.16. The fraction of sp³-hybridized carbons (Fsp3) is 0.500. The van der Waals surface area contributed by atoms with Gasteiger partial charge < -0.3 is 11.1 Å². The minimum absolute atomic E-state index is 0.00612. The number of carbonyl (C=O) groups excluding carboxylic acids is 1. The Morgan fingerprint density at radius 3 is 2.65 bits per heavy atom. The summed E-state index contributed by atoms with van der Waals surface area (Å²) in [6.07, 6.45) is 1.65. The van der Waals surface area contributed by atoms with Crippen LogP contribution in [0.3, 0.4) is 0 Å². The smallest absolute Gasteiger partial charge is 0.237 e. The van der Waals surface area contributed by atoms with Crippen molar-refractivity contribution in [2.45, 2.75) is 45.7 Å². The fourth-order valence-corrected chi connectivity index (χ4v) is 1.91. The maximum Gasteiger partial charge on any atom is 0.237 e. The zero-order valence-electron chi connectivity index (χ0n) is 10.9. The Kier molecular flexibility index (Phi) is 5.16. The van der Waals surface area contributed by atoms with Gasteiger partial charge in [-0.25, -0.2) is 0 Å². The number of hydrogen-bond donors (Lipinski definition) is 2. The third kappa shape index (κ3) is 3.86. The van der Waals surface area contributed by atoms with Crippen LogP contribution in [0.4, 0.5) is 0 Å². The van der Waals surface area contributed by atoms with Crippen molar-refractivity contribution in [3.8, 4) is 0 Å². The molecule has 0 aliphatic carbocycles. The number of rotatable bonds is 5. The molecule has 0 bridgehead atoms. The predicted octanol–water partition coefficient (Wildman–Crippen LogP) is 2.30. The quantitative estimate of drug-likeness (QED) is 0.821. The van der Waals surface area contributed by atoms with Gasteiger partial charge in [0.2, 0.25) is 5.91 Å². The molecule has 3 N–H and O–H groups in total. The van der Waals surface area contributed by atoms with Crippen LogP contribution in [0.1, 0.15) is 43.9 Å².